The van der Waals surface area contributed by atoms with Gasteiger partial charge < -0.3 is 15.2 Å². The Morgan fingerprint density at radius 3 is 2.35 bits per heavy atom. The van der Waals surface area contributed by atoms with E-state index in [1.54, 1.807) is 12.1 Å². The smallest absolute Gasteiger partial charge is 0.163 e. The molecule has 1 aromatic carbocycles. The van der Waals surface area contributed by atoms with Gasteiger partial charge in [-0.1, -0.05) is 6.08 Å². The standard InChI is InChI=1S/C12H16FNO2.ClH/c1-4-5-10(14)8-6-11(15-2)12(16-3)7-9(8)13;/h4,6-7,10H,1,5,14H2,2-3H3;1H/t10-;/m0./s1. The van der Waals surface area contributed by atoms with Crippen molar-refractivity contribution in [2.24, 2.45) is 5.73 Å². The number of methoxy groups -OCH3 is 2. The van der Waals surface area contributed by atoms with Crippen LogP contribution in [-0.2, 0) is 0 Å². The van der Waals surface area contributed by atoms with E-state index in [1.807, 2.05) is 0 Å². The zero-order valence-electron chi connectivity index (χ0n) is 9.90. The zero-order chi connectivity index (χ0) is 12.1. The van der Waals surface area contributed by atoms with Crippen LogP contribution >= 0.6 is 12.4 Å². The Labute approximate surface area is 107 Å². The lowest BCUT2D eigenvalue weighted by Gasteiger charge is -2.14. The first-order valence-corrected chi connectivity index (χ1v) is 4.92. The highest BCUT2D eigenvalue weighted by molar-refractivity contribution is 5.85. The average molecular weight is 262 g/mol. The molecule has 0 radical (unpaired) electrons. The number of benzene rings is 1. The van der Waals surface area contributed by atoms with E-state index in [0.29, 0.717) is 23.5 Å². The summed E-state index contributed by atoms with van der Waals surface area (Å²) in [5.74, 6) is 0.431. The third-order valence-electron chi connectivity index (χ3n) is 2.32. The summed E-state index contributed by atoms with van der Waals surface area (Å²) in [4.78, 5) is 0. The maximum atomic E-state index is 13.7. The molecule has 0 aliphatic heterocycles. The normalized spacial score (nSPS) is 11.3. The van der Waals surface area contributed by atoms with Crippen LogP contribution in [0, 0.1) is 5.82 Å². The molecule has 2 N–H and O–H groups in total. The second-order valence-electron chi connectivity index (χ2n) is 3.36. The summed E-state index contributed by atoms with van der Waals surface area (Å²) >= 11 is 0. The van der Waals surface area contributed by atoms with Gasteiger partial charge in [-0.05, 0) is 12.5 Å². The van der Waals surface area contributed by atoms with Crippen LogP contribution in [-0.4, -0.2) is 14.2 Å². The van der Waals surface area contributed by atoms with E-state index in [-0.39, 0.29) is 12.4 Å². The molecule has 17 heavy (non-hydrogen) atoms. The maximum absolute atomic E-state index is 13.7. The topological polar surface area (TPSA) is 44.5 Å². The summed E-state index contributed by atoms with van der Waals surface area (Å²) in [5, 5.41) is 0. The highest BCUT2D eigenvalue weighted by Crippen LogP contribution is 2.32. The van der Waals surface area contributed by atoms with Crippen molar-refractivity contribution >= 4 is 12.4 Å². The fourth-order valence-electron chi connectivity index (χ4n) is 1.46. The Kier molecular flexibility index (Phi) is 6.61. The fraction of sp³-hybridized carbons (Fsp3) is 0.333. The Morgan fingerprint density at radius 2 is 1.88 bits per heavy atom. The van der Waals surface area contributed by atoms with Gasteiger partial charge in [0, 0.05) is 17.7 Å². The lowest BCUT2D eigenvalue weighted by atomic mass is 10.0. The van der Waals surface area contributed by atoms with Crippen molar-refractivity contribution in [2.75, 3.05) is 14.2 Å². The lowest BCUT2D eigenvalue weighted by Crippen LogP contribution is -2.11. The third kappa shape index (κ3) is 3.61. The number of nitrogens with two attached hydrogens (primary N) is 1. The van der Waals surface area contributed by atoms with Gasteiger partial charge in [-0.2, -0.15) is 0 Å². The zero-order valence-corrected chi connectivity index (χ0v) is 10.7. The van der Waals surface area contributed by atoms with Crippen LogP contribution in [0.4, 0.5) is 4.39 Å². The summed E-state index contributed by atoms with van der Waals surface area (Å²) < 4.78 is 23.8. The van der Waals surface area contributed by atoms with Crippen molar-refractivity contribution in [3.63, 3.8) is 0 Å². The molecule has 3 nitrogen and oxygen atoms in total. The molecule has 0 unspecified atom stereocenters. The second-order valence-corrected chi connectivity index (χ2v) is 3.36. The molecule has 0 fully saturated rings. The fourth-order valence-corrected chi connectivity index (χ4v) is 1.46. The van der Waals surface area contributed by atoms with Crippen LogP contribution in [0.2, 0.25) is 0 Å². The van der Waals surface area contributed by atoms with Crippen molar-refractivity contribution in [1.29, 1.82) is 0 Å². The number of rotatable bonds is 5. The molecule has 0 bridgehead atoms. The minimum Gasteiger partial charge on any atom is -0.493 e. The average Bonchev–Trinajstić information content (AvgIpc) is 2.28. The van der Waals surface area contributed by atoms with E-state index in [9.17, 15) is 4.39 Å². The quantitative estimate of drug-likeness (QED) is 0.829. The predicted molar refractivity (Wildman–Crippen MR) is 68.5 cm³/mol. The molecule has 0 aliphatic carbocycles. The van der Waals surface area contributed by atoms with E-state index < -0.39 is 11.9 Å². The van der Waals surface area contributed by atoms with Gasteiger partial charge in [0.15, 0.2) is 11.5 Å². The Balaban J connectivity index is 0.00000256. The lowest BCUT2D eigenvalue weighted by molar-refractivity contribution is 0.351. The highest BCUT2D eigenvalue weighted by Gasteiger charge is 2.15. The van der Waals surface area contributed by atoms with Gasteiger partial charge in [-0.15, -0.1) is 19.0 Å². The monoisotopic (exact) mass is 261 g/mol. The first-order valence-electron chi connectivity index (χ1n) is 4.92. The molecule has 0 aliphatic rings. The molecule has 0 spiro atoms. The van der Waals surface area contributed by atoms with Crippen LogP contribution in [0.3, 0.4) is 0 Å². The molecule has 1 atom stereocenters. The molecule has 1 aromatic rings. The highest BCUT2D eigenvalue weighted by atomic mass is 35.5. The van der Waals surface area contributed by atoms with E-state index in [0.717, 1.165) is 0 Å². The molecule has 0 heterocycles. The minimum atomic E-state index is -0.419. The van der Waals surface area contributed by atoms with Crippen LogP contribution in [0.1, 0.15) is 18.0 Å². The van der Waals surface area contributed by atoms with E-state index in [4.69, 9.17) is 15.2 Å². The molecular weight excluding hydrogens is 245 g/mol. The number of ether oxygens (including phenoxy) is 2. The molecule has 0 amide bonds. The Bertz CT molecular complexity index is 385. The van der Waals surface area contributed by atoms with Gasteiger partial charge in [0.25, 0.3) is 0 Å². The molecule has 1 rings (SSSR count). The van der Waals surface area contributed by atoms with Crippen molar-refractivity contribution < 1.29 is 13.9 Å². The Morgan fingerprint density at radius 1 is 1.35 bits per heavy atom. The summed E-state index contributed by atoms with van der Waals surface area (Å²) in [7, 11) is 2.96. The van der Waals surface area contributed by atoms with E-state index in [2.05, 4.69) is 6.58 Å². The number of hydrogen-bond donors (Lipinski definition) is 1. The van der Waals surface area contributed by atoms with Crippen molar-refractivity contribution in [3.05, 3.63) is 36.2 Å². The summed E-state index contributed by atoms with van der Waals surface area (Å²) in [6, 6.07) is 2.41. The van der Waals surface area contributed by atoms with Gasteiger partial charge in [0.2, 0.25) is 0 Å². The van der Waals surface area contributed by atoms with Gasteiger partial charge >= 0.3 is 0 Å². The maximum Gasteiger partial charge on any atom is 0.163 e. The summed E-state index contributed by atoms with van der Waals surface area (Å²) in [6.07, 6.45) is 2.16. The molecule has 0 aromatic heterocycles. The molecule has 96 valence electrons. The van der Waals surface area contributed by atoms with Crippen molar-refractivity contribution in [2.45, 2.75) is 12.5 Å². The van der Waals surface area contributed by atoms with Gasteiger partial charge in [-0.3, -0.25) is 0 Å². The van der Waals surface area contributed by atoms with Gasteiger partial charge in [0.05, 0.1) is 14.2 Å². The van der Waals surface area contributed by atoms with Gasteiger partial charge in [-0.25, -0.2) is 4.39 Å². The van der Waals surface area contributed by atoms with Crippen LogP contribution in [0.5, 0.6) is 11.5 Å². The molecule has 0 saturated heterocycles. The summed E-state index contributed by atoms with van der Waals surface area (Å²) in [5.41, 5.74) is 6.21. The SMILES string of the molecule is C=CC[C@H](N)c1cc(OC)c(OC)cc1F.Cl. The largest absolute Gasteiger partial charge is 0.493 e. The Hall–Kier alpha value is -1.26. The van der Waals surface area contributed by atoms with Crippen molar-refractivity contribution in [1.82, 2.24) is 0 Å². The minimum absolute atomic E-state index is 0. The first kappa shape index (κ1) is 15.7. The second kappa shape index (κ2) is 7.14. The van der Waals surface area contributed by atoms with Crippen LogP contribution < -0.4 is 15.2 Å². The van der Waals surface area contributed by atoms with Gasteiger partial charge in [0.1, 0.15) is 5.82 Å². The molecule has 0 saturated carbocycles. The van der Waals surface area contributed by atoms with Crippen molar-refractivity contribution in [3.8, 4) is 11.5 Å². The number of halogens is 2. The molecular formula is C12H17ClFNO2. The van der Waals surface area contributed by atoms with E-state index in [1.165, 1.54) is 20.3 Å². The molecule has 5 heteroatoms. The van der Waals surface area contributed by atoms with Crippen LogP contribution in [0.15, 0.2) is 24.8 Å². The first-order chi connectivity index (χ1) is 7.63. The number of hydrogen-bond acceptors (Lipinski definition) is 3. The van der Waals surface area contributed by atoms with Crippen LogP contribution in [0.25, 0.3) is 0 Å². The third-order valence-corrected chi connectivity index (χ3v) is 2.32. The van der Waals surface area contributed by atoms with E-state index >= 15 is 0 Å². The summed E-state index contributed by atoms with van der Waals surface area (Å²) in [6.45, 7) is 3.57. The predicted octanol–water partition coefficient (Wildman–Crippen LogP) is 2.84.